The van der Waals surface area contributed by atoms with E-state index in [1.165, 1.54) is 54.4 Å². The second-order valence-corrected chi connectivity index (χ2v) is 7.90. The summed E-state index contributed by atoms with van der Waals surface area (Å²) in [5.74, 6) is 0. The van der Waals surface area contributed by atoms with Gasteiger partial charge in [0.15, 0.2) is 11.3 Å². The van der Waals surface area contributed by atoms with Gasteiger partial charge in [-0.2, -0.15) is 0 Å². The van der Waals surface area contributed by atoms with Crippen molar-refractivity contribution in [2.75, 3.05) is 0 Å². The fourth-order valence-corrected chi connectivity index (χ4v) is 5.47. The third-order valence-corrected chi connectivity index (χ3v) is 6.52. The molecule has 0 atom stereocenters. The van der Waals surface area contributed by atoms with Gasteiger partial charge in [0.25, 0.3) is 0 Å². The van der Waals surface area contributed by atoms with Crippen molar-refractivity contribution in [3.63, 3.8) is 0 Å². The number of rotatable bonds is 0. The molecule has 4 aromatic heterocycles. The number of hydrogen-bond donors (Lipinski definition) is 0. The lowest BCUT2D eigenvalue weighted by atomic mass is 9.98. The third-order valence-electron chi connectivity index (χ3n) is 6.52. The molecule has 0 aliphatic heterocycles. The van der Waals surface area contributed by atoms with Gasteiger partial charge in [0.1, 0.15) is 0 Å². The Morgan fingerprint density at radius 3 is 1.33 bits per heavy atom. The summed E-state index contributed by atoms with van der Waals surface area (Å²) in [4.78, 5) is 9.60. The van der Waals surface area contributed by atoms with Gasteiger partial charge < -0.3 is 0 Å². The van der Waals surface area contributed by atoms with Crippen molar-refractivity contribution in [1.29, 1.82) is 0 Å². The number of nitrogens with zero attached hydrogens (tertiary/aromatic N) is 4. The third kappa shape index (κ3) is 1.47. The first-order valence-corrected chi connectivity index (χ1v) is 10.1. The zero-order valence-electron chi connectivity index (χ0n) is 15.9. The zero-order valence-corrected chi connectivity index (χ0v) is 15.9. The number of fused-ring (bicyclic) bond motifs is 12. The molecule has 0 saturated heterocycles. The van der Waals surface area contributed by atoms with E-state index < -0.39 is 0 Å². The maximum absolute atomic E-state index is 4.80. The molecular formula is C26H14N4. The summed E-state index contributed by atoms with van der Waals surface area (Å²) >= 11 is 0. The molecule has 0 amide bonds. The molecule has 8 aromatic rings. The van der Waals surface area contributed by atoms with Gasteiger partial charge in [0, 0.05) is 33.9 Å². The molecule has 138 valence electrons. The number of aromatic nitrogens is 4. The predicted molar refractivity (Wildman–Crippen MR) is 123 cm³/mol. The highest BCUT2D eigenvalue weighted by Crippen LogP contribution is 2.45. The fraction of sp³-hybridized carbons (Fsp3) is 0. The van der Waals surface area contributed by atoms with Gasteiger partial charge in [-0.1, -0.05) is 60.7 Å². The van der Waals surface area contributed by atoms with Crippen LogP contribution in [-0.2, 0) is 0 Å². The summed E-state index contributed by atoms with van der Waals surface area (Å²) in [5.41, 5.74) is 6.54. The minimum absolute atomic E-state index is 0.883. The molecule has 0 aliphatic carbocycles. The summed E-state index contributed by atoms with van der Waals surface area (Å²) in [5, 5.41) is 7.64. The normalized spacial score (nSPS) is 12.7. The summed E-state index contributed by atoms with van der Waals surface area (Å²) in [6.45, 7) is 0. The molecule has 30 heavy (non-hydrogen) atoms. The molecular weight excluding hydrogens is 368 g/mol. The standard InChI is InChI=1S/C26H14N4/c1-2-8-16-15(7-1)21-17-9-3-5-11-19(17)29-23(21)24-22(16)18-10-4-6-12-20(18)30(24)26-25(29)27-13-14-28-26/h1-14H. The Balaban J connectivity index is 1.96. The molecule has 0 N–H and O–H groups in total. The Morgan fingerprint density at radius 2 is 0.867 bits per heavy atom. The maximum atomic E-state index is 4.80. The van der Waals surface area contributed by atoms with E-state index in [0.717, 1.165) is 11.3 Å². The van der Waals surface area contributed by atoms with Crippen molar-refractivity contribution in [3.8, 4) is 0 Å². The highest BCUT2D eigenvalue weighted by Gasteiger charge is 2.24. The number of hydrogen-bond acceptors (Lipinski definition) is 2. The number of benzene rings is 4. The van der Waals surface area contributed by atoms with Gasteiger partial charge in [-0.3, -0.25) is 8.80 Å². The minimum atomic E-state index is 0.883. The highest BCUT2D eigenvalue weighted by atomic mass is 15.1. The van der Waals surface area contributed by atoms with Gasteiger partial charge in [0.2, 0.25) is 0 Å². The summed E-state index contributed by atoms with van der Waals surface area (Å²) in [6, 6.07) is 26.0. The molecule has 0 fully saturated rings. The van der Waals surface area contributed by atoms with Gasteiger partial charge in [-0.05, 0) is 22.9 Å². The van der Waals surface area contributed by atoms with Gasteiger partial charge in [0.05, 0.1) is 22.1 Å². The average Bonchev–Trinajstić information content (AvgIpc) is 3.34. The average molecular weight is 382 g/mol. The molecule has 0 spiro atoms. The molecule has 0 radical (unpaired) electrons. The van der Waals surface area contributed by atoms with Crippen LogP contribution >= 0.6 is 0 Å². The van der Waals surface area contributed by atoms with Crippen molar-refractivity contribution in [3.05, 3.63) is 85.2 Å². The van der Waals surface area contributed by atoms with Crippen LogP contribution in [0.4, 0.5) is 0 Å². The van der Waals surface area contributed by atoms with E-state index in [0.29, 0.717) is 0 Å². The van der Waals surface area contributed by atoms with Crippen LogP contribution in [0.1, 0.15) is 0 Å². The Morgan fingerprint density at radius 1 is 0.467 bits per heavy atom. The molecule has 0 saturated carbocycles. The minimum Gasteiger partial charge on any atom is -0.288 e. The second-order valence-electron chi connectivity index (χ2n) is 7.90. The summed E-state index contributed by atoms with van der Waals surface area (Å²) in [7, 11) is 0. The topological polar surface area (TPSA) is 34.6 Å². The lowest BCUT2D eigenvalue weighted by Crippen LogP contribution is -2.00. The van der Waals surface area contributed by atoms with Crippen molar-refractivity contribution < 1.29 is 0 Å². The van der Waals surface area contributed by atoms with E-state index >= 15 is 0 Å². The maximum Gasteiger partial charge on any atom is 0.182 e. The van der Waals surface area contributed by atoms with E-state index in [9.17, 15) is 0 Å². The summed E-state index contributed by atoms with van der Waals surface area (Å²) < 4.78 is 4.61. The molecule has 8 rings (SSSR count). The van der Waals surface area contributed by atoms with Gasteiger partial charge >= 0.3 is 0 Å². The smallest absolute Gasteiger partial charge is 0.182 e. The van der Waals surface area contributed by atoms with Crippen LogP contribution < -0.4 is 0 Å². The molecule has 4 aromatic carbocycles. The van der Waals surface area contributed by atoms with E-state index in [-0.39, 0.29) is 0 Å². The zero-order chi connectivity index (χ0) is 19.4. The van der Waals surface area contributed by atoms with E-state index in [2.05, 4.69) is 81.6 Å². The summed E-state index contributed by atoms with van der Waals surface area (Å²) in [6.07, 6.45) is 3.57. The Kier molecular flexibility index (Phi) is 2.39. The fourth-order valence-electron chi connectivity index (χ4n) is 5.47. The number of para-hydroxylation sites is 2. The molecule has 0 unspecified atom stereocenters. The first-order valence-electron chi connectivity index (χ1n) is 10.1. The van der Waals surface area contributed by atoms with Crippen molar-refractivity contribution in [1.82, 2.24) is 18.8 Å². The van der Waals surface area contributed by atoms with E-state index in [1.807, 2.05) is 0 Å². The molecule has 4 heteroatoms. The van der Waals surface area contributed by atoms with Crippen LogP contribution in [0.3, 0.4) is 0 Å². The van der Waals surface area contributed by atoms with Crippen LogP contribution in [0.5, 0.6) is 0 Å². The van der Waals surface area contributed by atoms with Crippen LogP contribution in [0, 0.1) is 0 Å². The Bertz CT molecular complexity index is 1670. The first-order chi connectivity index (χ1) is 14.9. The molecule has 4 nitrogen and oxygen atoms in total. The van der Waals surface area contributed by atoms with E-state index in [4.69, 9.17) is 9.97 Å². The Hall–Kier alpha value is -4.18. The Labute approximate surface area is 169 Å². The van der Waals surface area contributed by atoms with Crippen molar-refractivity contribution in [2.45, 2.75) is 0 Å². The quantitative estimate of drug-likeness (QED) is 0.293. The first kappa shape index (κ1) is 14.8. The lowest BCUT2D eigenvalue weighted by Gasteiger charge is -2.11. The van der Waals surface area contributed by atoms with Crippen LogP contribution in [0.15, 0.2) is 85.2 Å². The van der Waals surface area contributed by atoms with Crippen LogP contribution in [0.2, 0.25) is 0 Å². The highest BCUT2D eigenvalue weighted by molar-refractivity contribution is 6.36. The van der Waals surface area contributed by atoms with Crippen LogP contribution in [0.25, 0.3) is 65.7 Å². The lowest BCUT2D eigenvalue weighted by molar-refractivity contribution is 1.13. The van der Waals surface area contributed by atoms with E-state index in [1.54, 1.807) is 12.4 Å². The molecule has 4 heterocycles. The molecule has 0 aliphatic rings. The van der Waals surface area contributed by atoms with Gasteiger partial charge in [-0.15, -0.1) is 0 Å². The SMILES string of the molecule is c1ccc2c(c1)c1c3ccccc3n3c4nccnc4n4c5ccccc5c2c4c13. The monoisotopic (exact) mass is 382 g/mol. The van der Waals surface area contributed by atoms with Gasteiger partial charge in [-0.25, -0.2) is 9.97 Å². The second kappa shape index (κ2) is 4.86. The largest absolute Gasteiger partial charge is 0.288 e. The predicted octanol–water partition coefficient (Wildman–Crippen LogP) is 6.19. The van der Waals surface area contributed by atoms with Crippen LogP contribution in [-0.4, -0.2) is 18.8 Å². The van der Waals surface area contributed by atoms with Crippen molar-refractivity contribution in [2.24, 2.45) is 0 Å². The van der Waals surface area contributed by atoms with Crippen molar-refractivity contribution >= 4 is 65.7 Å². The molecule has 0 bridgehead atoms.